The Bertz CT molecular complexity index is 527. The van der Waals surface area contributed by atoms with Crippen LogP contribution in [0, 0.1) is 11.3 Å². The molecule has 0 aliphatic carbocycles. The van der Waals surface area contributed by atoms with E-state index >= 15 is 0 Å². The Balaban J connectivity index is 2.11. The van der Waals surface area contributed by atoms with Crippen LogP contribution in [0.2, 0.25) is 0 Å². The maximum atomic E-state index is 8.94. The molecule has 16 heavy (non-hydrogen) atoms. The number of benzene rings is 1. The third-order valence-corrected chi connectivity index (χ3v) is 3.25. The summed E-state index contributed by atoms with van der Waals surface area (Å²) in [5, 5.41) is 17.6. The molecule has 5 heteroatoms. The van der Waals surface area contributed by atoms with Gasteiger partial charge >= 0.3 is 0 Å². The largest absolute Gasteiger partial charge is 0.312 e. The number of thioether (sulfide) groups is 1. The molecular weight excluding hydrogens is 220 g/mol. The Morgan fingerprint density at radius 2 is 2.25 bits per heavy atom. The summed E-state index contributed by atoms with van der Waals surface area (Å²) in [5.41, 5.74) is 1.75. The second-order valence-electron chi connectivity index (χ2n) is 3.28. The van der Waals surface area contributed by atoms with Crippen molar-refractivity contribution < 1.29 is 0 Å². The minimum Gasteiger partial charge on any atom is -0.312 e. The van der Waals surface area contributed by atoms with Gasteiger partial charge in [-0.3, -0.25) is 0 Å². The maximum absolute atomic E-state index is 8.94. The normalized spacial score (nSPS) is 10.0. The van der Waals surface area contributed by atoms with E-state index in [1.807, 2.05) is 35.9 Å². The highest BCUT2D eigenvalue weighted by molar-refractivity contribution is 7.98. The molecule has 0 saturated heterocycles. The fraction of sp³-hybridized carbons (Fsp3) is 0.182. The van der Waals surface area contributed by atoms with Crippen LogP contribution in [0.5, 0.6) is 0 Å². The van der Waals surface area contributed by atoms with Crippen molar-refractivity contribution in [3.63, 3.8) is 0 Å². The zero-order valence-electron chi connectivity index (χ0n) is 8.79. The van der Waals surface area contributed by atoms with Gasteiger partial charge in [0.05, 0.1) is 11.6 Å². The summed E-state index contributed by atoms with van der Waals surface area (Å²) in [6.07, 6.45) is 1.67. The molecule has 0 bridgehead atoms. The fourth-order valence-corrected chi connectivity index (χ4v) is 2.19. The van der Waals surface area contributed by atoms with Gasteiger partial charge in [-0.05, 0) is 11.6 Å². The Hall–Kier alpha value is -1.80. The van der Waals surface area contributed by atoms with E-state index in [9.17, 15) is 0 Å². The van der Waals surface area contributed by atoms with Gasteiger partial charge in [0, 0.05) is 12.8 Å². The standard InChI is InChI=1S/C11H10N4S/c1-15-8-13-14-11(15)16-7-10-5-3-2-4-9(10)6-12/h2-5,8H,7H2,1H3. The van der Waals surface area contributed by atoms with Gasteiger partial charge in [0.15, 0.2) is 5.16 Å². The Kier molecular flexibility index (Phi) is 3.22. The monoisotopic (exact) mass is 230 g/mol. The molecule has 0 atom stereocenters. The summed E-state index contributed by atoms with van der Waals surface area (Å²) < 4.78 is 1.86. The molecular formula is C11H10N4S. The van der Waals surface area contributed by atoms with Crippen molar-refractivity contribution in [2.24, 2.45) is 7.05 Å². The van der Waals surface area contributed by atoms with Gasteiger partial charge in [-0.1, -0.05) is 30.0 Å². The smallest absolute Gasteiger partial charge is 0.191 e. The van der Waals surface area contributed by atoms with Gasteiger partial charge in [0.25, 0.3) is 0 Å². The predicted octanol–water partition coefficient (Wildman–Crippen LogP) is 1.98. The fourth-order valence-electron chi connectivity index (χ4n) is 1.30. The van der Waals surface area contributed by atoms with E-state index in [1.54, 1.807) is 18.1 Å². The molecule has 2 aromatic rings. The zero-order valence-corrected chi connectivity index (χ0v) is 9.61. The first kappa shape index (κ1) is 10.7. The third kappa shape index (κ3) is 2.23. The minimum absolute atomic E-state index is 0.720. The molecule has 0 saturated carbocycles. The van der Waals surface area contributed by atoms with Crippen LogP contribution in [0.1, 0.15) is 11.1 Å². The van der Waals surface area contributed by atoms with E-state index in [0.29, 0.717) is 0 Å². The molecule has 0 unspecified atom stereocenters. The second-order valence-corrected chi connectivity index (χ2v) is 4.22. The number of aryl methyl sites for hydroxylation is 1. The van der Waals surface area contributed by atoms with Crippen molar-refractivity contribution in [1.82, 2.24) is 14.8 Å². The van der Waals surface area contributed by atoms with Gasteiger partial charge in [-0.15, -0.1) is 10.2 Å². The van der Waals surface area contributed by atoms with E-state index in [2.05, 4.69) is 16.3 Å². The van der Waals surface area contributed by atoms with Crippen molar-refractivity contribution in [3.05, 3.63) is 41.7 Å². The molecule has 0 aliphatic rings. The number of rotatable bonds is 3. The summed E-state index contributed by atoms with van der Waals surface area (Å²) in [7, 11) is 1.90. The number of aromatic nitrogens is 3. The highest BCUT2D eigenvalue weighted by atomic mass is 32.2. The van der Waals surface area contributed by atoms with Gasteiger partial charge in [0.1, 0.15) is 6.33 Å². The Morgan fingerprint density at radius 3 is 2.94 bits per heavy atom. The van der Waals surface area contributed by atoms with Crippen molar-refractivity contribution in [2.45, 2.75) is 10.9 Å². The summed E-state index contributed by atoms with van der Waals surface area (Å²) in [6.45, 7) is 0. The molecule has 2 rings (SSSR count). The second kappa shape index (κ2) is 4.81. The zero-order chi connectivity index (χ0) is 11.4. The van der Waals surface area contributed by atoms with Crippen LogP contribution in [0.3, 0.4) is 0 Å². The SMILES string of the molecule is Cn1cnnc1SCc1ccccc1C#N. The van der Waals surface area contributed by atoms with Crippen molar-refractivity contribution >= 4 is 11.8 Å². The van der Waals surface area contributed by atoms with Crippen LogP contribution < -0.4 is 0 Å². The van der Waals surface area contributed by atoms with Crippen LogP contribution in [0.4, 0.5) is 0 Å². The lowest BCUT2D eigenvalue weighted by atomic mass is 10.1. The summed E-state index contributed by atoms with van der Waals surface area (Å²) >= 11 is 1.57. The molecule has 0 amide bonds. The summed E-state index contributed by atoms with van der Waals surface area (Å²) in [4.78, 5) is 0. The lowest BCUT2D eigenvalue weighted by Gasteiger charge is -2.02. The lowest BCUT2D eigenvalue weighted by molar-refractivity contribution is 0.788. The molecule has 1 aromatic heterocycles. The summed E-state index contributed by atoms with van der Waals surface area (Å²) in [5.74, 6) is 0.732. The molecule has 80 valence electrons. The van der Waals surface area contributed by atoms with Gasteiger partial charge in [0.2, 0.25) is 0 Å². The highest BCUT2D eigenvalue weighted by Gasteiger charge is 2.05. The predicted molar refractivity (Wildman–Crippen MR) is 61.7 cm³/mol. The molecule has 1 aromatic carbocycles. The molecule has 0 fully saturated rings. The number of hydrogen-bond donors (Lipinski definition) is 0. The van der Waals surface area contributed by atoms with E-state index < -0.39 is 0 Å². The highest BCUT2D eigenvalue weighted by Crippen LogP contribution is 2.21. The molecule has 1 heterocycles. The van der Waals surface area contributed by atoms with Gasteiger partial charge < -0.3 is 4.57 Å². The van der Waals surface area contributed by atoms with E-state index in [0.717, 1.165) is 22.0 Å². The van der Waals surface area contributed by atoms with Crippen LogP contribution in [-0.2, 0) is 12.8 Å². The van der Waals surface area contributed by atoms with Crippen LogP contribution in [-0.4, -0.2) is 14.8 Å². The van der Waals surface area contributed by atoms with Crippen LogP contribution >= 0.6 is 11.8 Å². The lowest BCUT2D eigenvalue weighted by Crippen LogP contribution is -1.91. The Morgan fingerprint density at radius 1 is 1.44 bits per heavy atom. The molecule has 0 spiro atoms. The number of nitrogens with zero attached hydrogens (tertiary/aromatic N) is 4. The van der Waals surface area contributed by atoms with Crippen molar-refractivity contribution in [3.8, 4) is 6.07 Å². The molecule has 4 nitrogen and oxygen atoms in total. The summed E-state index contributed by atoms with van der Waals surface area (Å²) in [6, 6.07) is 9.78. The topological polar surface area (TPSA) is 54.5 Å². The Labute approximate surface area is 97.9 Å². The number of nitriles is 1. The van der Waals surface area contributed by atoms with E-state index in [-0.39, 0.29) is 0 Å². The van der Waals surface area contributed by atoms with Crippen molar-refractivity contribution in [2.75, 3.05) is 0 Å². The quantitative estimate of drug-likeness (QED) is 0.756. The number of hydrogen-bond acceptors (Lipinski definition) is 4. The van der Waals surface area contributed by atoms with Crippen molar-refractivity contribution in [1.29, 1.82) is 5.26 Å². The average Bonchev–Trinajstić information content (AvgIpc) is 2.72. The van der Waals surface area contributed by atoms with Gasteiger partial charge in [-0.2, -0.15) is 5.26 Å². The first-order valence-electron chi connectivity index (χ1n) is 4.76. The first-order chi connectivity index (χ1) is 7.81. The third-order valence-electron chi connectivity index (χ3n) is 2.16. The first-order valence-corrected chi connectivity index (χ1v) is 5.74. The molecule has 0 radical (unpaired) electrons. The average molecular weight is 230 g/mol. The van der Waals surface area contributed by atoms with Crippen LogP contribution in [0.25, 0.3) is 0 Å². The van der Waals surface area contributed by atoms with E-state index in [4.69, 9.17) is 5.26 Å². The van der Waals surface area contributed by atoms with Crippen LogP contribution in [0.15, 0.2) is 35.7 Å². The maximum Gasteiger partial charge on any atom is 0.191 e. The molecule has 0 aliphatic heterocycles. The molecule has 0 N–H and O–H groups in total. The minimum atomic E-state index is 0.720. The van der Waals surface area contributed by atoms with E-state index in [1.165, 1.54) is 0 Å². The van der Waals surface area contributed by atoms with Gasteiger partial charge in [-0.25, -0.2) is 0 Å².